The first-order valence-corrected chi connectivity index (χ1v) is 6.36. The molecule has 0 radical (unpaired) electrons. The maximum absolute atomic E-state index is 12.3. The third-order valence-electron chi connectivity index (χ3n) is 3.92. The summed E-state index contributed by atoms with van der Waals surface area (Å²) in [5.41, 5.74) is 3.28. The van der Waals surface area contributed by atoms with E-state index in [1.165, 1.54) is 11.1 Å². The fraction of sp³-hybridized carbons (Fsp3) is 0.235. The quantitative estimate of drug-likeness (QED) is 0.736. The van der Waals surface area contributed by atoms with Crippen molar-refractivity contribution >= 4 is 5.78 Å². The highest BCUT2D eigenvalue weighted by molar-refractivity contribution is 5.99. The predicted molar refractivity (Wildman–Crippen MR) is 72.9 cm³/mol. The van der Waals surface area contributed by atoms with Crippen molar-refractivity contribution in [2.24, 2.45) is 0 Å². The number of benzene rings is 2. The smallest absolute Gasteiger partial charge is 0.164 e. The Hall–Kier alpha value is -1.89. The van der Waals surface area contributed by atoms with Gasteiger partial charge in [0, 0.05) is 17.4 Å². The summed E-state index contributed by atoms with van der Waals surface area (Å²) in [5, 5.41) is 0. The lowest BCUT2D eigenvalue weighted by Crippen LogP contribution is -2.33. The van der Waals surface area contributed by atoms with Crippen molar-refractivity contribution in [3.63, 3.8) is 0 Å². The van der Waals surface area contributed by atoms with Gasteiger partial charge in [0.15, 0.2) is 5.78 Å². The van der Waals surface area contributed by atoms with E-state index in [1.807, 2.05) is 36.4 Å². The number of carbonyl (C=O) groups excluding carboxylic acids is 1. The molecule has 0 aliphatic heterocycles. The van der Waals surface area contributed by atoms with Crippen LogP contribution in [0.2, 0.25) is 0 Å². The van der Waals surface area contributed by atoms with Gasteiger partial charge < -0.3 is 0 Å². The Kier molecular flexibility index (Phi) is 2.55. The number of hydrogen-bond donors (Lipinski definition) is 0. The van der Waals surface area contributed by atoms with Crippen LogP contribution < -0.4 is 0 Å². The van der Waals surface area contributed by atoms with Crippen molar-refractivity contribution < 1.29 is 4.79 Å². The summed E-state index contributed by atoms with van der Waals surface area (Å²) in [6.45, 7) is 2.19. The molecule has 3 rings (SSSR count). The normalized spacial score (nSPS) is 22.6. The van der Waals surface area contributed by atoms with Crippen molar-refractivity contribution in [1.29, 1.82) is 0 Å². The molecule has 18 heavy (non-hydrogen) atoms. The maximum Gasteiger partial charge on any atom is 0.164 e. The van der Waals surface area contributed by atoms with Crippen LogP contribution in [0.25, 0.3) is 0 Å². The van der Waals surface area contributed by atoms with Gasteiger partial charge in [-0.05, 0) is 17.5 Å². The van der Waals surface area contributed by atoms with Gasteiger partial charge in [-0.15, -0.1) is 0 Å². The molecule has 2 aromatic rings. The molecule has 1 atom stereocenters. The minimum absolute atomic E-state index is 0.0628. The van der Waals surface area contributed by atoms with E-state index >= 15 is 0 Å². The number of ketones is 1. The summed E-state index contributed by atoms with van der Waals surface area (Å²) in [4.78, 5) is 12.3. The van der Waals surface area contributed by atoms with Gasteiger partial charge in [0.1, 0.15) is 0 Å². The lowest BCUT2D eigenvalue weighted by Gasteiger charge is -2.34. The highest BCUT2D eigenvalue weighted by atomic mass is 16.1. The Morgan fingerprint density at radius 3 is 2.33 bits per heavy atom. The average Bonchev–Trinajstić information content (AvgIpc) is 2.40. The van der Waals surface area contributed by atoms with Gasteiger partial charge in [-0.25, -0.2) is 0 Å². The minimum Gasteiger partial charge on any atom is -0.294 e. The number of fused-ring (bicyclic) bond motifs is 1. The highest BCUT2D eigenvalue weighted by Gasteiger charge is 2.35. The molecule has 0 aromatic heterocycles. The van der Waals surface area contributed by atoms with Crippen molar-refractivity contribution in [3.05, 3.63) is 71.3 Å². The second kappa shape index (κ2) is 4.09. The fourth-order valence-corrected chi connectivity index (χ4v) is 2.92. The van der Waals surface area contributed by atoms with Crippen LogP contribution in [-0.4, -0.2) is 5.78 Å². The molecular formula is C17H16O. The van der Waals surface area contributed by atoms with E-state index in [1.54, 1.807) is 0 Å². The monoisotopic (exact) mass is 236 g/mol. The van der Waals surface area contributed by atoms with Crippen LogP contribution in [0.4, 0.5) is 0 Å². The van der Waals surface area contributed by atoms with Crippen LogP contribution in [0, 0.1) is 0 Å². The summed E-state index contributed by atoms with van der Waals surface area (Å²) < 4.78 is 0. The first-order chi connectivity index (χ1) is 8.69. The molecule has 0 bridgehead atoms. The first-order valence-electron chi connectivity index (χ1n) is 6.36. The van der Waals surface area contributed by atoms with Gasteiger partial charge in [0.2, 0.25) is 0 Å². The lowest BCUT2D eigenvalue weighted by molar-refractivity contribution is 0.0939. The molecule has 0 N–H and O–H groups in total. The molecule has 0 saturated carbocycles. The van der Waals surface area contributed by atoms with Gasteiger partial charge >= 0.3 is 0 Å². The van der Waals surface area contributed by atoms with E-state index in [0.29, 0.717) is 6.42 Å². The molecule has 1 aliphatic carbocycles. The molecule has 2 aromatic carbocycles. The van der Waals surface area contributed by atoms with Crippen LogP contribution in [-0.2, 0) is 11.8 Å². The molecule has 90 valence electrons. The molecule has 1 unspecified atom stereocenters. The van der Waals surface area contributed by atoms with Crippen molar-refractivity contribution in [2.45, 2.75) is 25.2 Å². The van der Waals surface area contributed by atoms with Crippen LogP contribution in [0.15, 0.2) is 54.6 Å². The van der Waals surface area contributed by atoms with Gasteiger partial charge in [-0.1, -0.05) is 61.5 Å². The average molecular weight is 236 g/mol. The Balaban J connectivity index is 2.06. The molecule has 1 heteroatoms. The Morgan fingerprint density at radius 2 is 1.56 bits per heavy atom. The van der Waals surface area contributed by atoms with Crippen molar-refractivity contribution in [2.75, 3.05) is 0 Å². The fourth-order valence-electron chi connectivity index (χ4n) is 2.92. The highest BCUT2D eigenvalue weighted by Crippen LogP contribution is 2.37. The summed E-state index contributed by atoms with van der Waals surface area (Å²) in [6.07, 6.45) is 1.55. The minimum atomic E-state index is -0.0628. The Labute approximate surface area is 107 Å². The summed E-state index contributed by atoms with van der Waals surface area (Å²) in [7, 11) is 0. The zero-order chi connectivity index (χ0) is 12.6. The molecule has 1 aliphatic rings. The van der Waals surface area contributed by atoms with Crippen LogP contribution >= 0.6 is 0 Å². The second-order valence-electron chi connectivity index (χ2n) is 5.36. The van der Waals surface area contributed by atoms with E-state index in [0.717, 1.165) is 12.0 Å². The van der Waals surface area contributed by atoms with Gasteiger partial charge in [-0.3, -0.25) is 4.79 Å². The van der Waals surface area contributed by atoms with Crippen molar-refractivity contribution in [1.82, 2.24) is 0 Å². The molecular weight excluding hydrogens is 220 g/mol. The largest absolute Gasteiger partial charge is 0.294 e. The number of Topliss-reactive ketones (excluding diaryl/α,β-unsaturated/α-hetero) is 1. The Morgan fingerprint density at radius 1 is 0.889 bits per heavy atom. The number of carbonyl (C=O) groups is 1. The summed E-state index contributed by atoms with van der Waals surface area (Å²) >= 11 is 0. The van der Waals surface area contributed by atoms with E-state index in [4.69, 9.17) is 0 Å². The first kappa shape index (κ1) is 11.2. The predicted octanol–water partition coefficient (Wildman–Crippen LogP) is 3.77. The van der Waals surface area contributed by atoms with E-state index in [9.17, 15) is 4.79 Å². The summed E-state index contributed by atoms with van der Waals surface area (Å²) in [5.74, 6) is 0.267. The zero-order valence-electron chi connectivity index (χ0n) is 10.5. The van der Waals surface area contributed by atoms with Gasteiger partial charge in [-0.2, -0.15) is 0 Å². The second-order valence-corrected chi connectivity index (χ2v) is 5.36. The molecule has 0 heterocycles. The maximum atomic E-state index is 12.3. The third-order valence-corrected chi connectivity index (χ3v) is 3.92. The van der Waals surface area contributed by atoms with Crippen LogP contribution in [0.3, 0.4) is 0 Å². The van der Waals surface area contributed by atoms with E-state index in [-0.39, 0.29) is 11.2 Å². The lowest BCUT2D eigenvalue weighted by atomic mass is 9.68. The molecule has 0 amide bonds. The molecule has 0 fully saturated rings. The van der Waals surface area contributed by atoms with E-state index < -0.39 is 0 Å². The SMILES string of the molecule is CC1(c2ccccc2)CC(=O)c2ccccc2C1. The molecule has 0 spiro atoms. The Bertz CT molecular complexity index is 586. The zero-order valence-corrected chi connectivity index (χ0v) is 10.5. The van der Waals surface area contributed by atoms with Crippen LogP contribution in [0.5, 0.6) is 0 Å². The third kappa shape index (κ3) is 1.76. The van der Waals surface area contributed by atoms with Crippen LogP contribution in [0.1, 0.15) is 34.8 Å². The number of hydrogen-bond acceptors (Lipinski definition) is 1. The molecule has 1 nitrogen and oxygen atoms in total. The van der Waals surface area contributed by atoms with Crippen molar-refractivity contribution in [3.8, 4) is 0 Å². The van der Waals surface area contributed by atoms with Gasteiger partial charge in [0.25, 0.3) is 0 Å². The number of rotatable bonds is 1. The van der Waals surface area contributed by atoms with Gasteiger partial charge in [0.05, 0.1) is 0 Å². The summed E-state index contributed by atoms with van der Waals surface area (Å²) in [6, 6.07) is 18.4. The topological polar surface area (TPSA) is 17.1 Å². The molecule has 0 saturated heterocycles. The standard InChI is InChI=1S/C17H16O/c1-17(14-8-3-2-4-9-14)11-13-7-5-6-10-15(13)16(18)12-17/h2-10H,11-12H2,1H3. The van der Waals surface area contributed by atoms with E-state index in [2.05, 4.69) is 25.1 Å².